The molecule has 0 aliphatic carbocycles. The molecule has 3 heterocycles. The smallest absolute Gasteiger partial charge is 0.231 e. The minimum Gasteiger partial charge on any atom is -0.484 e. The Bertz CT molecular complexity index is 914. The third-order valence-electron chi connectivity index (χ3n) is 4.23. The number of carbonyl (C=O) groups excluding carboxylic acids is 1. The molecule has 0 bridgehead atoms. The number of ether oxygens (including phenoxy) is 1. The molecule has 1 aliphatic heterocycles. The van der Waals surface area contributed by atoms with Crippen molar-refractivity contribution in [2.24, 2.45) is 0 Å². The average molecular weight is 321 g/mol. The van der Waals surface area contributed by atoms with E-state index in [1.54, 1.807) is 10.7 Å². The van der Waals surface area contributed by atoms with Gasteiger partial charge in [-0.1, -0.05) is 18.2 Å². The SMILES string of the molecule is CC1(C)CN(C(=O)Cc2cnn3ccccc23)c2ccccc2O1. The zero-order chi connectivity index (χ0) is 16.7. The Morgan fingerprint density at radius 3 is 2.88 bits per heavy atom. The van der Waals surface area contributed by atoms with Crippen LogP contribution in [-0.2, 0) is 11.2 Å². The van der Waals surface area contributed by atoms with Gasteiger partial charge in [-0.2, -0.15) is 5.10 Å². The molecule has 0 saturated heterocycles. The van der Waals surface area contributed by atoms with Gasteiger partial charge in [0, 0.05) is 11.8 Å². The lowest BCUT2D eigenvalue weighted by atomic mass is 10.0. The van der Waals surface area contributed by atoms with Gasteiger partial charge >= 0.3 is 0 Å². The average Bonchev–Trinajstić information content (AvgIpc) is 2.96. The molecule has 4 rings (SSSR count). The first-order valence-electron chi connectivity index (χ1n) is 8.03. The second-order valence-electron chi connectivity index (χ2n) is 6.69. The Labute approximate surface area is 140 Å². The first-order chi connectivity index (χ1) is 11.5. The summed E-state index contributed by atoms with van der Waals surface area (Å²) in [5.74, 6) is 0.805. The molecule has 0 atom stereocenters. The van der Waals surface area contributed by atoms with Gasteiger partial charge in [-0.25, -0.2) is 4.52 Å². The molecular formula is C19H19N3O2. The number of hydrogen-bond donors (Lipinski definition) is 0. The van der Waals surface area contributed by atoms with Crippen LogP contribution in [0.5, 0.6) is 5.75 Å². The standard InChI is InChI=1S/C19H19N3O2/c1-19(2)13-21(16-8-3-4-9-17(16)24-19)18(23)11-14-12-20-22-10-6-5-7-15(14)22/h3-10,12H,11,13H2,1-2H3. The molecule has 3 aromatic rings. The van der Waals surface area contributed by atoms with E-state index in [0.29, 0.717) is 13.0 Å². The number of amides is 1. The Kier molecular flexibility index (Phi) is 3.30. The molecule has 1 amide bonds. The van der Waals surface area contributed by atoms with Crippen LogP contribution in [0.15, 0.2) is 54.9 Å². The second-order valence-corrected chi connectivity index (χ2v) is 6.69. The molecule has 1 aliphatic rings. The van der Waals surface area contributed by atoms with E-state index in [1.165, 1.54) is 0 Å². The first-order valence-corrected chi connectivity index (χ1v) is 8.03. The van der Waals surface area contributed by atoms with Crippen molar-refractivity contribution in [2.75, 3.05) is 11.4 Å². The van der Waals surface area contributed by atoms with Crippen LogP contribution >= 0.6 is 0 Å². The highest BCUT2D eigenvalue weighted by Gasteiger charge is 2.34. The number of hydrogen-bond acceptors (Lipinski definition) is 3. The molecule has 0 fully saturated rings. The van der Waals surface area contributed by atoms with Crippen molar-refractivity contribution in [3.63, 3.8) is 0 Å². The summed E-state index contributed by atoms with van der Waals surface area (Å²) in [7, 11) is 0. The maximum atomic E-state index is 13.0. The molecule has 1 aromatic carbocycles. The van der Waals surface area contributed by atoms with Crippen molar-refractivity contribution in [1.82, 2.24) is 9.61 Å². The van der Waals surface area contributed by atoms with Crippen molar-refractivity contribution in [1.29, 1.82) is 0 Å². The molecule has 0 spiro atoms. The van der Waals surface area contributed by atoms with Crippen LogP contribution < -0.4 is 9.64 Å². The lowest BCUT2D eigenvalue weighted by molar-refractivity contribution is -0.118. The van der Waals surface area contributed by atoms with Crippen LogP contribution in [-0.4, -0.2) is 27.7 Å². The zero-order valence-electron chi connectivity index (χ0n) is 13.8. The first kappa shape index (κ1) is 14.8. The van der Waals surface area contributed by atoms with E-state index < -0.39 is 5.60 Å². The molecule has 0 N–H and O–H groups in total. The van der Waals surface area contributed by atoms with Crippen molar-refractivity contribution >= 4 is 17.1 Å². The van der Waals surface area contributed by atoms with E-state index in [-0.39, 0.29) is 5.91 Å². The fourth-order valence-electron chi connectivity index (χ4n) is 3.17. The van der Waals surface area contributed by atoms with E-state index in [9.17, 15) is 4.79 Å². The molecule has 24 heavy (non-hydrogen) atoms. The maximum absolute atomic E-state index is 13.0. The largest absolute Gasteiger partial charge is 0.484 e. The van der Waals surface area contributed by atoms with E-state index in [1.807, 2.05) is 67.4 Å². The van der Waals surface area contributed by atoms with Gasteiger partial charge in [-0.05, 0) is 38.1 Å². The van der Waals surface area contributed by atoms with Crippen LogP contribution in [0.3, 0.4) is 0 Å². The number of carbonyl (C=O) groups is 1. The minimum absolute atomic E-state index is 0.0533. The molecule has 5 heteroatoms. The van der Waals surface area contributed by atoms with E-state index in [4.69, 9.17) is 4.74 Å². The number of aromatic nitrogens is 2. The fourth-order valence-corrected chi connectivity index (χ4v) is 3.17. The maximum Gasteiger partial charge on any atom is 0.231 e. The molecule has 0 saturated carbocycles. The van der Waals surface area contributed by atoms with Gasteiger partial charge in [-0.15, -0.1) is 0 Å². The zero-order valence-corrected chi connectivity index (χ0v) is 13.8. The summed E-state index contributed by atoms with van der Waals surface area (Å²) in [6.45, 7) is 4.53. The Hall–Kier alpha value is -2.82. The van der Waals surface area contributed by atoms with E-state index in [0.717, 1.165) is 22.5 Å². The van der Waals surface area contributed by atoms with Gasteiger partial charge in [-0.3, -0.25) is 4.79 Å². The van der Waals surface area contributed by atoms with Gasteiger partial charge in [0.1, 0.15) is 11.4 Å². The predicted octanol–water partition coefficient (Wildman–Crippen LogP) is 3.08. The van der Waals surface area contributed by atoms with Crippen molar-refractivity contribution < 1.29 is 9.53 Å². The molecule has 122 valence electrons. The Morgan fingerprint density at radius 1 is 1.21 bits per heavy atom. The summed E-state index contributed by atoms with van der Waals surface area (Å²) in [4.78, 5) is 14.8. The monoisotopic (exact) mass is 321 g/mol. The van der Waals surface area contributed by atoms with Crippen LogP contribution in [0.4, 0.5) is 5.69 Å². The second kappa shape index (κ2) is 5.37. The summed E-state index contributed by atoms with van der Waals surface area (Å²) in [6, 6.07) is 13.5. The van der Waals surface area contributed by atoms with Crippen molar-refractivity contribution in [2.45, 2.75) is 25.9 Å². The summed E-state index contributed by atoms with van der Waals surface area (Å²) in [5, 5.41) is 4.31. The van der Waals surface area contributed by atoms with Crippen molar-refractivity contribution in [3.8, 4) is 5.75 Å². The number of nitrogens with zero attached hydrogens (tertiary/aromatic N) is 3. The predicted molar refractivity (Wildman–Crippen MR) is 92.4 cm³/mol. The number of pyridine rings is 1. The molecule has 0 radical (unpaired) electrons. The normalized spacial score (nSPS) is 15.8. The lowest BCUT2D eigenvalue weighted by Gasteiger charge is -2.39. The van der Waals surface area contributed by atoms with Gasteiger partial charge in [0.2, 0.25) is 5.91 Å². The Morgan fingerprint density at radius 2 is 2.00 bits per heavy atom. The third kappa shape index (κ3) is 2.52. The number of anilines is 1. The molecule has 0 unspecified atom stereocenters. The highest BCUT2D eigenvalue weighted by atomic mass is 16.5. The molecular weight excluding hydrogens is 302 g/mol. The van der Waals surface area contributed by atoms with Crippen LogP contribution in [0.2, 0.25) is 0 Å². The van der Waals surface area contributed by atoms with Crippen molar-refractivity contribution in [3.05, 3.63) is 60.4 Å². The molecule has 5 nitrogen and oxygen atoms in total. The third-order valence-corrected chi connectivity index (χ3v) is 4.23. The molecule has 2 aromatic heterocycles. The summed E-state index contributed by atoms with van der Waals surface area (Å²) >= 11 is 0. The van der Waals surface area contributed by atoms with Gasteiger partial charge in [0.15, 0.2) is 0 Å². The van der Waals surface area contributed by atoms with Gasteiger partial charge in [0.05, 0.1) is 30.4 Å². The summed E-state index contributed by atoms with van der Waals surface area (Å²) < 4.78 is 7.79. The van der Waals surface area contributed by atoms with E-state index >= 15 is 0 Å². The van der Waals surface area contributed by atoms with Crippen LogP contribution in [0.1, 0.15) is 19.4 Å². The van der Waals surface area contributed by atoms with Crippen LogP contribution in [0, 0.1) is 0 Å². The number of benzene rings is 1. The minimum atomic E-state index is -0.412. The number of fused-ring (bicyclic) bond motifs is 2. The fraction of sp³-hybridized carbons (Fsp3) is 0.263. The van der Waals surface area contributed by atoms with E-state index in [2.05, 4.69) is 5.10 Å². The number of rotatable bonds is 2. The summed E-state index contributed by atoms with van der Waals surface area (Å²) in [6.07, 6.45) is 3.97. The lowest BCUT2D eigenvalue weighted by Crippen LogP contribution is -2.49. The van der Waals surface area contributed by atoms with Gasteiger partial charge in [0.25, 0.3) is 0 Å². The Balaban J connectivity index is 1.67. The van der Waals surface area contributed by atoms with Crippen LogP contribution in [0.25, 0.3) is 5.52 Å². The van der Waals surface area contributed by atoms with Gasteiger partial charge < -0.3 is 9.64 Å². The quantitative estimate of drug-likeness (QED) is 0.729. The highest BCUT2D eigenvalue weighted by molar-refractivity contribution is 5.97. The number of para-hydroxylation sites is 2. The topological polar surface area (TPSA) is 46.8 Å². The summed E-state index contributed by atoms with van der Waals surface area (Å²) in [5.41, 5.74) is 2.32. The highest BCUT2D eigenvalue weighted by Crippen LogP contribution is 2.37.